The van der Waals surface area contributed by atoms with Gasteiger partial charge in [0, 0.05) is 30.1 Å². The molecule has 1 aliphatic rings. The van der Waals surface area contributed by atoms with Crippen LogP contribution >= 0.6 is 11.3 Å². The molecule has 0 spiro atoms. The Labute approximate surface area is 117 Å². The van der Waals surface area contributed by atoms with Gasteiger partial charge in [-0.05, 0) is 13.3 Å². The molecule has 4 heteroatoms. The van der Waals surface area contributed by atoms with Crippen molar-refractivity contribution in [1.29, 1.82) is 0 Å². The SMILES string of the molecule is Cc1nc(-c2ccccc2)sc1CN1CC[C@H](O)C1. The van der Waals surface area contributed by atoms with Gasteiger partial charge in [-0.15, -0.1) is 11.3 Å². The topological polar surface area (TPSA) is 36.4 Å². The van der Waals surface area contributed by atoms with Crippen LogP contribution in [0.4, 0.5) is 0 Å². The average molecular weight is 274 g/mol. The summed E-state index contributed by atoms with van der Waals surface area (Å²) in [6, 6.07) is 10.3. The first-order valence-electron chi connectivity index (χ1n) is 6.64. The van der Waals surface area contributed by atoms with Crippen LogP contribution in [0.1, 0.15) is 17.0 Å². The Morgan fingerprint density at radius 2 is 2.16 bits per heavy atom. The lowest BCUT2D eigenvalue weighted by Crippen LogP contribution is -2.21. The molecule has 100 valence electrons. The molecule has 2 heterocycles. The zero-order valence-corrected chi connectivity index (χ0v) is 11.9. The number of rotatable bonds is 3. The smallest absolute Gasteiger partial charge is 0.123 e. The molecule has 0 bridgehead atoms. The number of aliphatic hydroxyl groups excluding tert-OH is 1. The molecule has 1 fully saturated rings. The third-order valence-electron chi connectivity index (χ3n) is 3.53. The molecule has 0 saturated carbocycles. The highest BCUT2D eigenvalue weighted by molar-refractivity contribution is 7.15. The number of aryl methyl sites for hydroxylation is 1. The van der Waals surface area contributed by atoms with Gasteiger partial charge in [-0.3, -0.25) is 4.90 Å². The van der Waals surface area contributed by atoms with Gasteiger partial charge in [-0.1, -0.05) is 30.3 Å². The standard InChI is InChI=1S/C15H18N2OS/c1-11-14(10-17-8-7-13(18)9-17)19-15(16-11)12-5-3-2-4-6-12/h2-6,13,18H,7-10H2,1H3/t13-/m0/s1. The number of β-amino-alcohol motifs (C(OH)–C–C–N with tert-alkyl or cyclic N) is 1. The molecule has 0 unspecified atom stereocenters. The predicted octanol–water partition coefficient (Wildman–Crippen LogP) is 2.69. The Morgan fingerprint density at radius 1 is 1.37 bits per heavy atom. The molecule has 19 heavy (non-hydrogen) atoms. The van der Waals surface area contributed by atoms with Gasteiger partial charge in [0.25, 0.3) is 0 Å². The van der Waals surface area contributed by atoms with Crippen molar-refractivity contribution >= 4 is 11.3 Å². The third kappa shape index (κ3) is 2.86. The molecule has 1 aromatic carbocycles. The number of aromatic nitrogens is 1. The van der Waals surface area contributed by atoms with E-state index in [-0.39, 0.29) is 6.10 Å². The fraction of sp³-hybridized carbons (Fsp3) is 0.400. The Balaban J connectivity index is 1.78. The number of thiazole rings is 1. The fourth-order valence-electron chi connectivity index (χ4n) is 2.44. The van der Waals surface area contributed by atoms with E-state index in [9.17, 15) is 5.11 Å². The maximum Gasteiger partial charge on any atom is 0.123 e. The Kier molecular flexibility index (Phi) is 3.64. The molecule has 0 aliphatic carbocycles. The summed E-state index contributed by atoms with van der Waals surface area (Å²) in [5.74, 6) is 0. The highest BCUT2D eigenvalue weighted by Crippen LogP contribution is 2.29. The van der Waals surface area contributed by atoms with E-state index in [0.29, 0.717) is 0 Å². The molecule has 0 radical (unpaired) electrons. The summed E-state index contributed by atoms with van der Waals surface area (Å²) in [6.45, 7) is 4.76. The summed E-state index contributed by atoms with van der Waals surface area (Å²) in [6.07, 6.45) is 0.741. The monoisotopic (exact) mass is 274 g/mol. The largest absolute Gasteiger partial charge is 0.392 e. The van der Waals surface area contributed by atoms with Gasteiger partial charge in [0.2, 0.25) is 0 Å². The number of likely N-dealkylation sites (tertiary alicyclic amines) is 1. The van der Waals surface area contributed by atoms with E-state index in [0.717, 1.165) is 36.8 Å². The summed E-state index contributed by atoms with van der Waals surface area (Å²) in [7, 11) is 0. The van der Waals surface area contributed by atoms with E-state index in [1.165, 1.54) is 10.4 Å². The normalized spacial score (nSPS) is 20.0. The van der Waals surface area contributed by atoms with Crippen LogP contribution in [0.3, 0.4) is 0 Å². The van der Waals surface area contributed by atoms with Crippen molar-refractivity contribution in [2.45, 2.75) is 26.0 Å². The summed E-state index contributed by atoms with van der Waals surface area (Å²) >= 11 is 1.77. The van der Waals surface area contributed by atoms with Crippen LogP contribution in [0.25, 0.3) is 10.6 Å². The second-order valence-corrected chi connectivity index (χ2v) is 6.15. The minimum atomic E-state index is -0.151. The molecule has 3 nitrogen and oxygen atoms in total. The minimum absolute atomic E-state index is 0.151. The summed E-state index contributed by atoms with van der Waals surface area (Å²) < 4.78 is 0. The summed E-state index contributed by atoms with van der Waals surface area (Å²) in [4.78, 5) is 8.29. The van der Waals surface area contributed by atoms with Crippen LogP contribution in [-0.4, -0.2) is 34.2 Å². The Morgan fingerprint density at radius 3 is 2.84 bits per heavy atom. The van der Waals surface area contributed by atoms with Crippen molar-refractivity contribution in [3.63, 3.8) is 0 Å². The molecule has 1 N–H and O–H groups in total. The van der Waals surface area contributed by atoms with E-state index in [2.05, 4.69) is 28.9 Å². The minimum Gasteiger partial charge on any atom is -0.392 e. The lowest BCUT2D eigenvalue weighted by molar-refractivity contribution is 0.175. The van der Waals surface area contributed by atoms with Crippen LogP contribution in [0, 0.1) is 6.92 Å². The van der Waals surface area contributed by atoms with Crippen LogP contribution in [0.5, 0.6) is 0 Å². The van der Waals surface area contributed by atoms with Crippen LogP contribution in [0.2, 0.25) is 0 Å². The van der Waals surface area contributed by atoms with Crippen LogP contribution in [0.15, 0.2) is 30.3 Å². The summed E-state index contributed by atoms with van der Waals surface area (Å²) in [5.41, 5.74) is 2.30. The Hall–Kier alpha value is -1.23. The molecule has 1 aromatic heterocycles. The first-order chi connectivity index (χ1) is 9.22. The quantitative estimate of drug-likeness (QED) is 0.935. The van der Waals surface area contributed by atoms with Gasteiger partial charge in [0.15, 0.2) is 0 Å². The molecule has 3 rings (SSSR count). The highest BCUT2D eigenvalue weighted by atomic mass is 32.1. The van der Waals surface area contributed by atoms with Gasteiger partial charge in [-0.25, -0.2) is 4.98 Å². The van der Waals surface area contributed by atoms with E-state index < -0.39 is 0 Å². The maximum absolute atomic E-state index is 9.58. The lowest BCUT2D eigenvalue weighted by Gasteiger charge is -2.13. The van der Waals surface area contributed by atoms with Crippen molar-refractivity contribution in [3.05, 3.63) is 40.9 Å². The van der Waals surface area contributed by atoms with E-state index >= 15 is 0 Å². The highest BCUT2D eigenvalue weighted by Gasteiger charge is 2.21. The fourth-order valence-corrected chi connectivity index (χ4v) is 3.55. The van der Waals surface area contributed by atoms with Gasteiger partial charge in [0.05, 0.1) is 11.8 Å². The lowest BCUT2D eigenvalue weighted by atomic mass is 10.2. The van der Waals surface area contributed by atoms with Crippen LogP contribution in [-0.2, 0) is 6.54 Å². The van der Waals surface area contributed by atoms with Crippen molar-refractivity contribution in [2.24, 2.45) is 0 Å². The molecule has 2 aromatic rings. The van der Waals surface area contributed by atoms with Gasteiger partial charge in [-0.2, -0.15) is 0 Å². The van der Waals surface area contributed by atoms with Gasteiger partial charge < -0.3 is 5.11 Å². The van der Waals surface area contributed by atoms with E-state index in [4.69, 9.17) is 0 Å². The van der Waals surface area contributed by atoms with Crippen LogP contribution < -0.4 is 0 Å². The summed E-state index contributed by atoms with van der Waals surface area (Å²) in [5, 5.41) is 10.7. The number of nitrogens with zero attached hydrogens (tertiary/aromatic N) is 2. The molecular weight excluding hydrogens is 256 g/mol. The van der Waals surface area contributed by atoms with Crippen molar-refractivity contribution in [2.75, 3.05) is 13.1 Å². The maximum atomic E-state index is 9.58. The molecule has 1 saturated heterocycles. The van der Waals surface area contributed by atoms with Crippen molar-refractivity contribution in [1.82, 2.24) is 9.88 Å². The van der Waals surface area contributed by atoms with E-state index in [1.807, 2.05) is 18.2 Å². The number of benzene rings is 1. The van der Waals surface area contributed by atoms with Crippen molar-refractivity contribution < 1.29 is 5.11 Å². The first kappa shape index (κ1) is 12.8. The number of hydrogen-bond donors (Lipinski definition) is 1. The molecular formula is C15H18N2OS. The Bertz CT molecular complexity index is 553. The predicted molar refractivity (Wildman–Crippen MR) is 78.2 cm³/mol. The number of hydrogen-bond acceptors (Lipinski definition) is 4. The molecule has 1 aliphatic heterocycles. The molecule has 1 atom stereocenters. The third-order valence-corrected chi connectivity index (χ3v) is 4.72. The van der Waals surface area contributed by atoms with Crippen molar-refractivity contribution in [3.8, 4) is 10.6 Å². The van der Waals surface area contributed by atoms with E-state index in [1.54, 1.807) is 11.3 Å². The second-order valence-electron chi connectivity index (χ2n) is 5.07. The zero-order valence-electron chi connectivity index (χ0n) is 11.0. The first-order valence-corrected chi connectivity index (χ1v) is 7.46. The van der Waals surface area contributed by atoms with Gasteiger partial charge in [0.1, 0.15) is 5.01 Å². The molecule has 0 amide bonds. The zero-order chi connectivity index (χ0) is 13.2. The average Bonchev–Trinajstić information content (AvgIpc) is 2.98. The second kappa shape index (κ2) is 5.41. The van der Waals surface area contributed by atoms with Gasteiger partial charge >= 0.3 is 0 Å². The number of aliphatic hydroxyl groups is 1.